The molecule has 0 aliphatic carbocycles. The van der Waals surface area contributed by atoms with Crippen molar-refractivity contribution in [3.63, 3.8) is 0 Å². The summed E-state index contributed by atoms with van der Waals surface area (Å²) in [7, 11) is 0. The maximum absolute atomic E-state index is 12.0. The number of carbonyl (C=O) groups excluding carboxylic acids is 2. The summed E-state index contributed by atoms with van der Waals surface area (Å²) in [6.45, 7) is 1.75. The fraction of sp³-hybridized carbons (Fsp3) is 0.167. The van der Waals surface area contributed by atoms with Crippen molar-refractivity contribution in [1.29, 1.82) is 0 Å². The lowest BCUT2D eigenvalue weighted by Crippen LogP contribution is -2.37. The van der Waals surface area contributed by atoms with Crippen molar-refractivity contribution in [3.05, 3.63) is 71.1 Å². The van der Waals surface area contributed by atoms with E-state index in [-0.39, 0.29) is 24.3 Å². The SMILES string of the molecule is CC(NC(=O)CNC(=O)c1ccc(Br)o1)c1ccc(-n2ccnc2)cc1. The molecule has 3 aromatic rings. The van der Waals surface area contributed by atoms with Crippen LogP contribution in [0.3, 0.4) is 0 Å². The van der Waals surface area contributed by atoms with E-state index in [0.717, 1.165) is 11.3 Å². The first-order valence-electron chi connectivity index (χ1n) is 7.94. The number of imidazole rings is 1. The molecule has 0 spiro atoms. The summed E-state index contributed by atoms with van der Waals surface area (Å²) in [5, 5.41) is 5.37. The van der Waals surface area contributed by atoms with Gasteiger partial charge in [-0.1, -0.05) is 12.1 Å². The molecule has 2 amide bonds. The molecule has 134 valence electrons. The number of aromatic nitrogens is 2. The molecule has 1 atom stereocenters. The van der Waals surface area contributed by atoms with Crippen LogP contribution in [0.5, 0.6) is 0 Å². The lowest BCUT2D eigenvalue weighted by Gasteiger charge is -2.15. The number of rotatable bonds is 6. The van der Waals surface area contributed by atoms with Gasteiger partial charge in [0.2, 0.25) is 5.91 Å². The predicted molar refractivity (Wildman–Crippen MR) is 98.9 cm³/mol. The third-order valence-corrected chi connectivity index (χ3v) is 4.21. The van der Waals surface area contributed by atoms with Crippen LogP contribution in [0.4, 0.5) is 0 Å². The van der Waals surface area contributed by atoms with E-state index in [1.165, 1.54) is 6.07 Å². The Hall–Kier alpha value is -2.87. The third kappa shape index (κ3) is 4.40. The van der Waals surface area contributed by atoms with Gasteiger partial charge in [0.15, 0.2) is 10.4 Å². The van der Waals surface area contributed by atoms with Crippen LogP contribution in [0.25, 0.3) is 5.69 Å². The molecule has 0 radical (unpaired) electrons. The second-order valence-electron chi connectivity index (χ2n) is 5.64. The largest absolute Gasteiger partial charge is 0.444 e. The maximum Gasteiger partial charge on any atom is 0.287 e. The summed E-state index contributed by atoms with van der Waals surface area (Å²) in [6, 6.07) is 10.8. The van der Waals surface area contributed by atoms with Gasteiger partial charge in [0, 0.05) is 18.1 Å². The standard InChI is InChI=1S/C18H17BrN4O3/c1-12(13-2-4-14(5-3-13)23-9-8-20-11-23)22-17(24)10-21-18(25)15-6-7-16(19)26-15/h2-9,11-12H,10H2,1H3,(H,21,25)(H,22,24). The highest BCUT2D eigenvalue weighted by atomic mass is 79.9. The van der Waals surface area contributed by atoms with Gasteiger partial charge in [-0.05, 0) is 52.7 Å². The van der Waals surface area contributed by atoms with Crippen LogP contribution in [-0.2, 0) is 4.79 Å². The van der Waals surface area contributed by atoms with E-state index < -0.39 is 5.91 Å². The van der Waals surface area contributed by atoms with Gasteiger partial charge in [-0.15, -0.1) is 0 Å². The Labute approximate surface area is 158 Å². The average molecular weight is 417 g/mol. The Morgan fingerprint density at radius 3 is 2.62 bits per heavy atom. The molecule has 8 heteroatoms. The summed E-state index contributed by atoms with van der Waals surface area (Å²) in [5.74, 6) is -0.578. The van der Waals surface area contributed by atoms with Crippen LogP contribution in [0, 0.1) is 0 Å². The van der Waals surface area contributed by atoms with E-state index in [0.29, 0.717) is 4.67 Å². The normalized spacial score (nSPS) is 11.8. The van der Waals surface area contributed by atoms with Gasteiger partial charge < -0.3 is 19.6 Å². The highest BCUT2D eigenvalue weighted by Crippen LogP contribution is 2.16. The molecule has 7 nitrogen and oxygen atoms in total. The summed E-state index contributed by atoms with van der Waals surface area (Å²) in [6.07, 6.45) is 5.30. The van der Waals surface area contributed by atoms with Crippen LogP contribution in [0.2, 0.25) is 0 Å². The Morgan fingerprint density at radius 1 is 1.23 bits per heavy atom. The quantitative estimate of drug-likeness (QED) is 0.646. The number of furan rings is 1. The smallest absolute Gasteiger partial charge is 0.287 e. The average Bonchev–Trinajstić information content (AvgIpc) is 3.31. The van der Waals surface area contributed by atoms with Crippen LogP contribution in [0.1, 0.15) is 29.1 Å². The molecule has 1 aromatic carbocycles. The summed E-state index contributed by atoms with van der Waals surface area (Å²) >= 11 is 3.13. The molecule has 0 saturated heterocycles. The number of hydrogen-bond donors (Lipinski definition) is 2. The topological polar surface area (TPSA) is 89.2 Å². The van der Waals surface area contributed by atoms with Crippen molar-refractivity contribution in [1.82, 2.24) is 20.2 Å². The Kier molecular flexibility index (Phi) is 5.52. The van der Waals surface area contributed by atoms with Gasteiger partial charge >= 0.3 is 0 Å². The second kappa shape index (κ2) is 8.01. The van der Waals surface area contributed by atoms with E-state index in [4.69, 9.17) is 4.42 Å². The number of nitrogens with one attached hydrogen (secondary N) is 2. The Bertz CT molecular complexity index is 888. The summed E-state index contributed by atoms with van der Waals surface area (Å²) in [5.41, 5.74) is 1.95. The molecule has 2 aromatic heterocycles. The molecule has 0 aliphatic heterocycles. The third-order valence-electron chi connectivity index (χ3n) is 3.78. The minimum absolute atomic E-state index is 0.130. The van der Waals surface area contributed by atoms with Crippen molar-refractivity contribution >= 4 is 27.7 Å². The molecule has 2 N–H and O–H groups in total. The van der Waals surface area contributed by atoms with Crippen molar-refractivity contribution in [2.24, 2.45) is 0 Å². The zero-order valence-corrected chi connectivity index (χ0v) is 15.6. The van der Waals surface area contributed by atoms with Gasteiger partial charge in [0.05, 0.1) is 18.9 Å². The van der Waals surface area contributed by atoms with E-state index in [9.17, 15) is 9.59 Å². The molecule has 0 aliphatic rings. The van der Waals surface area contributed by atoms with E-state index >= 15 is 0 Å². The minimum atomic E-state index is -0.441. The number of amides is 2. The van der Waals surface area contributed by atoms with Gasteiger partial charge in [0.25, 0.3) is 5.91 Å². The van der Waals surface area contributed by atoms with Crippen LogP contribution in [-0.4, -0.2) is 27.9 Å². The van der Waals surface area contributed by atoms with Crippen molar-refractivity contribution < 1.29 is 14.0 Å². The van der Waals surface area contributed by atoms with Crippen LogP contribution >= 0.6 is 15.9 Å². The molecule has 0 bridgehead atoms. The van der Waals surface area contributed by atoms with E-state index in [1.807, 2.05) is 42.0 Å². The van der Waals surface area contributed by atoms with Gasteiger partial charge in [-0.3, -0.25) is 9.59 Å². The predicted octanol–water partition coefficient (Wildman–Crippen LogP) is 2.84. The Morgan fingerprint density at radius 2 is 2.00 bits per heavy atom. The summed E-state index contributed by atoms with van der Waals surface area (Å²) in [4.78, 5) is 27.9. The fourth-order valence-corrected chi connectivity index (χ4v) is 2.71. The molecule has 0 saturated carbocycles. The number of nitrogens with zero attached hydrogens (tertiary/aromatic N) is 2. The first-order valence-corrected chi connectivity index (χ1v) is 8.73. The first-order chi connectivity index (χ1) is 12.5. The van der Waals surface area contributed by atoms with Crippen molar-refractivity contribution in [2.75, 3.05) is 6.54 Å². The molecule has 3 rings (SSSR count). The van der Waals surface area contributed by atoms with Gasteiger partial charge in [-0.25, -0.2) is 4.98 Å². The lowest BCUT2D eigenvalue weighted by molar-refractivity contribution is -0.120. The highest BCUT2D eigenvalue weighted by Gasteiger charge is 2.14. The number of benzene rings is 1. The molecular weight excluding hydrogens is 400 g/mol. The maximum atomic E-state index is 12.0. The lowest BCUT2D eigenvalue weighted by atomic mass is 10.1. The first kappa shape index (κ1) is 17.9. The molecular formula is C18H17BrN4O3. The molecule has 1 unspecified atom stereocenters. The van der Waals surface area contributed by atoms with E-state index in [1.54, 1.807) is 18.6 Å². The molecule has 26 heavy (non-hydrogen) atoms. The highest BCUT2D eigenvalue weighted by molar-refractivity contribution is 9.10. The number of carbonyl (C=O) groups is 2. The zero-order valence-electron chi connectivity index (χ0n) is 14.0. The molecule has 2 heterocycles. The second-order valence-corrected chi connectivity index (χ2v) is 6.42. The monoisotopic (exact) mass is 416 g/mol. The van der Waals surface area contributed by atoms with Crippen molar-refractivity contribution in [2.45, 2.75) is 13.0 Å². The fourth-order valence-electron chi connectivity index (χ4n) is 2.41. The summed E-state index contributed by atoms with van der Waals surface area (Å²) < 4.78 is 7.49. The van der Waals surface area contributed by atoms with Crippen LogP contribution in [0.15, 0.2) is 64.2 Å². The molecule has 0 fully saturated rings. The number of halogens is 1. The Balaban J connectivity index is 1.51. The number of hydrogen-bond acceptors (Lipinski definition) is 4. The minimum Gasteiger partial charge on any atom is -0.444 e. The van der Waals surface area contributed by atoms with Gasteiger partial charge in [-0.2, -0.15) is 0 Å². The van der Waals surface area contributed by atoms with Crippen LogP contribution < -0.4 is 10.6 Å². The van der Waals surface area contributed by atoms with Gasteiger partial charge in [0.1, 0.15) is 0 Å². The van der Waals surface area contributed by atoms with E-state index in [2.05, 4.69) is 31.5 Å². The zero-order chi connectivity index (χ0) is 18.5. The van der Waals surface area contributed by atoms with Crippen molar-refractivity contribution in [3.8, 4) is 5.69 Å².